The number of aliphatic hydroxyl groups is 2. The monoisotopic (exact) mass is 307 g/mol. The molecule has 1 aliphatic heterocycles. The Morgan fingerprint density at radius 3 is 2.91 bits per heavy atom. The predicted molar refractivity (Wildman–Crippen MR) is 78.2 cm³/mol. The minimum Gasteiger partial charge on any atom is -0.489 e. The van der Waals surface area contributed by atoms with E-state index in [1.807, 2.05) is 0 Å². The van der Waals surface area contributed by atoms with Gasteiger partial charge in [-0.1, -0.05) is 12.1 Å². The van der Waals surface area contributed by atoms with Gasteiger partial charge in [0.2, 0.25) is 0 Å². The van der Waals surface area contributed by atoms with Crippen molar-refractivity contribution in [1.29, 1.82) is 0 Å². The first-order valence-corrected chi connectivity index (χ1v) is 7.24. The molecule has 3 rings (SSSR count). The van der Waals surface area contributed by atoms with Crippen molar-refractivity contribution in [3.05, 3.63) is 36.3 Å². The third-order valence-corrected chi connectivity index (χ3v) is 4.02. The highest BCUT2D eigenvalue weighted by atomic mass is 19.1. The minimum atomic E-state index is -1.19. The standard InChI is InChI=1S/C16H18FNO4/c17-13-3-1-2-11-8-12(9-18-15(11)13)22-10-14(19)16(20)4-6-21-7-5-16/h1-3,8-9,14,19-20H,4-7,10H2. The Morgan fingerprint density at radius 2 is 2.14 bits per heavy atom. The Morgan fingerprint density at radius 1 is 1.36 bits per heavy atom. The first kappa shape index (κ1) is 15.1. The van der Waals surface area contributed by atoms with E-state index in [9.17, 15) is 14.6 Å². The molecule has 118 valence electrons. The minimum absolute atomic E-state index is 0.0565. The van der Waals surface area contributed by atoms with Crippen LogP contribution >= 0.6 is 0 Å². The number of fused-ring (bicyclic) bond motifs is 1. The summed E-state index contributed by atoms with van der Waals surface area (Å²) >= 11 is 0. The Balaban J connectivity index is 1.68. The van der Waals surface area contributed by atoms with E-state index in [0.717, 1.165) is 0 Å². The van der Waals surface area contributed by atoms with Gasteiger partial charge in [-0.2, -0.15) is 0 Å². The van der Waals surface area contributed by atoms with Crippen molar-refractivity contribution in [3.63, 3.8) is 0 Å². The highest BCUT2D eigenvalue weighted by molar-refractivity contribution is 5.80. The molecule has 2 N–H and O–H groups in total. The number of pyridine rings is 1. The van der Waals surface area contributed by atoms with Crippen molar-refractivity contribution in [1.82, 2.24) is 4.98 Å². The zero-order valence-electron chi connectivity index (χ0n) is 12.0. The third kappa shape index (κ3) is 3.04. The molecule has 0 bridgehead atoms. The average molecular weight is 307 g/mol. The number of hydrogen-bond donors (Lipinski definition) is 2. The normalized spacial score (nSPS) is 19.0. The lowest BCUT2D eigenvalue weighted by Gasteiger charge is -2.35. The van der Waals surface area contributed by atoms with Crippen molar-refractivity contribution in [2.45, 2.75) is 24.5 Å². The van der Waals surface area contributed by atoms with Crippen LogP contribution < -0.4 is 4.74 Å². The van der Waals surface area contributed by atoms with Crippen LogP contribution in [0.4, 0.5) is 4.39 Å². The summed E-state index contributed by atoms with van der Waals surface area (Å²) in [5.74, 6) is 0.0356. The second kappa shape index (κ2) is 6.16. The first-order valence-electron chi connectivity index (χ1n) is 7.24. The van der Waals surface area contributed by atoms with Crippen molar-refractivity contribution in [2.24, 2.45) is 0 Å². The van der Waals surface area contributed by atoms with E-state index in [1.165, 1.54) is 12.3 Å². The molecule has 1 atom stereocenters. The molecule has 1 aromatic carbocycles. The predicted octanol–water partition coefficient (Wildman–Crippen LogP) is 1.66. The molecule has 6 heteroatoms. The molecule has 2 heterocycles. The molecule has 1 saturated heterocycles. The Labute approximate surface area is 127 Å². The van der Waals surface area contributed by atoms with E-state index in [4.69, 9.17) is 9.47 Å². The van der Waals surface area contributed by atoms with Crippen LogP contribution in [0.5, 0.6) is 5.75 Å². The average Bonchev–Trinajstić information content (AvgIpc) is 2.53. The fourth-order valence-corrected chi connectivity index (χ4v) is 2.57. The summed E-state index contributed by atoms with van der Waals surface area (Å²) in [6.07, 6.45) is 1.14. The SMILES string of the molecule is OC(COc1cnc2c(F)cccc2c1)C1(O)CCOCC1. The highest BCUT2D eigenvalue weighted by Gasteiger charge is 2.37. The summed E-state index contributed by atoms with van der Waals surface area (Å²) < 4.78 is 24.2. The molecular weight excluding hydrogens is 289 g/mol. The Bertz CT molecular complexity index is 658. The third-order valence-electron chi connectivity index (χ3n) is 4.02. The zero-order chi connectivity index (χ0) is 15.6. The van der Waals surface area contributed by atoms with E-state index < -0.39 is 11.7 Å². The first-order chi connectivity index (χ1) is 10.6. The second-order valence-corrected chi connectivity index (χ2v) is 5.53. The maximum Gasteiger partial charge on any atom is 0.149 e. The van der Waals surface area contributed by atoms with Crippen molar-refractivity contribution < 1.29 is 24.1 Å². The van der Waals surface area contributed by atoms with Gasteiger partial charge < -0.3 is 19.7 Å². The maximum absolute atomic E-state index is 13.5. The van der Waals surface area contributed by atoms with E-state index in [1.54, 1.807) is 18.2 Å². The second-order valence-electron chi connectivity index (χ2n) is 5.53. The highest BCUT2D eigenvalue weighted by Crippen LogP contribution is 2.26. The van der Waals surface area contributed by atoms with Gasteiger partial charge in [0.05, 0.1) is 11.8 Å². The molecule has 2 aromatic rings. The van der Waals surface area contributed by atoms with Gasteiger partial charge in [-0.3, -0.25) is 0 Å². The largest absolute Gasteiger partial charge is 0.489 e. The van der Waals surface area contributed by atoms with Crippen LogP contribution in [0.2, 0.25) is 0 Å². The number of nitrogens with zero attached hydrogens (tertiary/aromatic N) is 1. The number of aromatic nitrogens is 1. The summed E-state index contributed by atoms with van der Waals surface area (Å²) in [5, 5.41) is 21.1. The smallest absolute Gasteiger partial charge is 0.149 e. The van der Waals surface area contributed by atoms with Crippen molar-refractivity contribution >= 4 is 10.9 Å². The van der Waals surface area contributed by atoms with E-state index in [-0.39, 0.29) is 17.9 Å². The molecule has 0 radical (unpaired) electrons. The molecule has 0 saturated carbocycles. The molecule has 1 aliphatic rings. The van der Waals surface area contributed by atoms with E-state index in [2.05, 4.69) is 4.98 Å². The molecule has 0 aliphatic carbocycles. The molecule has 0 amide bonds. The van der Waals surface area contributed by atoms with E-state index in [0.29, 0.717) is 37.2 Å². The molecular formula is C16H18FNO4. The summed E-state index contributed by atoms with van der Waals surface area (Å²) in [6, 6.07) is 6.34. The van der Waals surface area contributed by atoms with Gasteiger partial charge >= 0.3 is 0 Å². The van der Waals surface area contributed by atoms with Gasteiger partial charge in [-0.15, -0.1) is 0 Å². The maximum atomic E-state index is 13.5. The van der Waals surface area contributed by atoms with Gasteiger partial charge in [-0.25, -0.2) is 9.37 Å². The zero-order valence-corrected chi connectivity index (χ0v) is 12.0. The van der Waals surface area contributed by atoms with E-state index >= 15 is 0 Å². The lowest BCUT2D eigenvalue weighted by atomic mass is 9.89. The topological polar surface area (TPSA) is 71.8 Å². The van der Waals surface area contributed by atoms with Gasteiger partial charge in [0.15, 0.2) is 0 Å². The molecule has 5 nitrogen and oxygen atoms in total. The number of para-hydroxylation sites is 1. The number of halogens is 1. The summed E-state index contributed by atoms with van der Waals surface area (Å²) in [4.78, 5) is 4.02. The quantitative estimate of drug-likeness (QED) is 0.899. The number of hydrogen-bond acceptors (Lipinski definition) is 5. The molecule has 22 heavy (non-hydrogen) atoms. The van der Waals surface area contributed by atoms with Crippen LogP contribution in [0.15, 0.2) is 30.5 Å². The number of ether oxygens (including phenoxy) is 2. The summed E-state index contributed by atoms with van der Waals surface area (Å²) in [6.45, 7) is 0.785. The van der Waals surface area contributed by atoms with Crippen LogP contribution in [0.3, 0.4) is 0 Å². The van der Waals surface area contributed by atoms with Gasteiger partial charge in [0.1, 0.15) is 29.8 Å². The van der Waals surface area contributed by atoms with Gasteiger partial charge in [0, 0.05) is 31.4 Å². The number of rotatable bonds is 4. The van der Waals surface area contributed by atoms with Gasteiger partial charge in [0.25, 0.3) is 0 Å². The van der Waals surface area contributed by atoms with Gasteiger partial charge in [-0.05, 0) is 12.1 Å². The van der Waals surface area contributed by atoms with Crippen LogP contribution in [0.25, 0.3) is 10.9 Å². The van der Waals surface area contributed by atoms with Crippen molar-refractivity contribution in [3.8, 4) is 5.75 Å². The summed E-state index contributed by atoms with van der Waals surface area (Å²) in [5.41, 5.74) is -0.910. The Hall–Kier alpha value is -1.76. The molecule has 1 aromatic heterocycles. The molecule has 1 unspecified atom stereocenters. The lowest BCUT2D eigenvalue weighted by molar-refractivity contribution is -0.140. The van der Waals surface area contributed by atoms with Crippen LogP contribution in [-0.4, -0.2) is 46.7 Å². The number of benzene rings is 1. The lowest BCUT2D eigenvalue weighted by Crippen LogP contribution is -2.49. The van der Waals surface area contributed by atoms with Crippen molar-refractivity contribution in [2.75, 3.05) is 19.8 Å². The summed E-state index contributed by atoms with van der Waals surface area (Å²) in [7, 11) is 0. The fraction of sp³-hybridized carbons (Fsp3) is 0.438. The van der Waals surface area contributed by atoms with Crippen LogP contribution in [0, 0.1) is 5.82 Å². The van der Waals surface area contributed by atoms with Crippen LogP contribution in [-0.2, 0) is 4.74 Å². The van der Waals surface area contributed by atoms with Crippen LogP contribution in [0.1, 0.15) is 12.8 Å². The molecule has 0 spiro atoms. The Kier molecular flexibility index (Phi) is 4.24. The molecule has 1 fully saturated rings. The number of aliphatic hydroxyl groups excluding tert-OH is 1. The fourth-order valence-electron chi connectivity index (χ4n) is 2.57.